The van der Waals surface area contributed by atoms with Gasteiger partial charge in [-0.1, -0.05) is 0 Å². The van der Waals surface area contributed by atoms with E-state index in [9.17, 15) is 8.42 Å². The highest BCUT2D eigenvalue weighted by atomic mass is 32.2. The van der Waals surface area contributed by atoms with Crippen LogP contribution in [-0.2, 0) is 23.4 Å². The molecule has 0 bridgehead atoms. The van der Waals surface area contributed by atoms with Crippen molar-refractivity contribution in [2.24, 2.45) is 0 Å². The highest BCUT2D eigenvalue weighted by Crippen LogP contribution is 2.16. The molecule has 0 rings (SSSR count). The SMILES string of the molecule is CO[Si](CCC[N+](C)(C)CCCS(=O)(=O)O)(OC)OC.[OH-]. The van der Waals surface area contributed by atoms with Crippen LogP contribution in [-0.4, -0.2) is 86.0 Å². The maximum absolute atomic E-state index is 10.7. The lowest BCUT2D eigenvalue weighted by molar-refractivity contribution is -0.890. The number of quaternary nitrogens is 1. The molecule has 0 unspecified atom stereocenters. The first-order valence-corrected chi connectivity index (χ1v) is 10.1. The van der Waals surface area contributed by atoms with E-state index in [1.54, 1.807) is 21.3 Å². The minimum atomic E-state index is -3.87. The van der Waals surface area contributed by atoms with Crippen molar-refractivity contribution in [2.45, 2.75) is 18.9 Å². The van der Waals surface area contributed by atoms with E-state index in [1.807, 2.05) is 14.1 Å². The average molecular weight is 348 g/mol. The second-order valence-electron chi connectivity index (χ2n) is 5.42. The van der Waals surface area contributed by atoms with Crippen LogP contribution in [0.25, 0.3) is 0 Å². The Morgan fingerprint density at radius 2 is 1.43 bits per heavy atom. The van der Waals surface area contributed by atoms with Gasteiger partial charge >= 0.3 is 8.80 Å². The molecule has 8 nitrogen and oxygen atoms in total. The van der Waals surface area contributed by atoms with Gasteiger partial charge in [0.2, 0.25) is 0 Å². The van der Waals surface area contributed by atoms with E-state index >= 15 is 0 Å². The molecule has 0 heterocycles. The highest BCUT2D eigenvalue weighted by Gasteiger charge is 2.37. The molecule has 0 aliphatic rings. The lowest BCUT2D eigenvalue weighted by Gasteiger charge is -2.31. The first kappa shape index (κ1) is 23.2. The summed E-state index contributed by atoms with van der Waals surface area (Å²) in [7, 11) is 2.43. The third-order valence-corrected chi connectivity index (χ3v) is 6.98. The molecule has 0 aromatic heterocycles. The molecule has 0 aromatic carbocycles. The van der Waals surface area contributed by atoms with Gasteiger partial charge in [-0.25, -0.2) is 0 Å². The summed E-state index contributed by atoms with van der Waals surface area (Å²) in [6, 6.07) is 0.719. The predicted molar refractivity (Wildman–Crippen MR) is 81.0 cm³/mol. The maximum atomic E-state index is 10.7. The Hall–Kier alpha value is -0.0731. The lowest BCUT2D eigenvalue weighted by atomic mass is 10.3. The van der Waals surface area contributed by atoms with Crippen molar-refractivity contribution < 1.29 is 36.2 Å². The van der Waals surface area contributed by atoms with Gasteiger partial charge in [0.1, 0.15) is 0 Å². The zero-order valence-electron chi connectivity index (χ0n) is 13.5. The summed E-state index contributed by atoms with van der Waals surface area (Å²) in [5, 5.41) is 0. The molecule has 0 aliphatic heterocycles. The quantitative estimate of drug-likeness (QED) is 0.328. The summed E-state index contributed by atoms with van der Waals surface area (Å²) in [6.45, 7) is 1.54. The fourth-order valence-corrected chi connectivity index (χ4v) is 4.26. The van der Waals surface area contributed by atoms with Crippen LogP contribution in [0, 0.1) is 0 Å². The standard InChI is InChI=1S/C11H27NO6SSi.H2O/c1-12(2,8-6-10-19(13,14)15)9-7-11-20(16-3,17-4)18-5;/h6-11H2,1-5H3;1H2. The van der Waals surface area contributed by atoms with E-state index < -0.39 is 18.9 Å². The largest absolute Gasteiger partial charge is 0.870 e. The van der Waals surface area contributed by atoms with Crippen molar-refractivity contribution >= 4 is 18.9 Å². The first-order valence-electron chi connectivity index (χ1n) is 6.52. The fraction of sp³-hybridized carbons (Fsp3) is 1.00. The van der Waals surface area contributed by atoms with Crippen LogP contribution >= 0.6 is 0 Å². The van der Waals surface area contributed by atoms with Crippen LogP contribution in [0.5, 0.6) is 0 Å². The molecule has 0 spiro atoms. The summed E-state index contributed by atoms with van der Waals surface area (Å²) >= 11 is 0. The molecule has 0 saturated heterocycles. The van der Waals surface area contributed by atoms with Crippen molar-refractivity contribution in [3.63, 3.8) is 0 Å². The minimum Gasteiger partial charge on any atom is -0.870 e. The molecule has 0 fully saturated rings. The van der Waals surface area contributed by atoms with E-state index in [1.165, 1.54) is 0 Å². The van der Waals surface area contributed by atoms with Crippen molar-refractivity contribution in [3.05, 3.63) is 0 Å². The van der Waals surface area contributed by atoms with Crippen LogP contribution < -0.4 is 0 Å². The summed E-state index contributed by atoms with van der Waals surface area (Å²) < 4.78 is 46.8. The van der Waals surface area contributed by atoms with Crippen LogP contribution in [0.2, 0.25) is 6.04 Å². The Morgan fingerprint density at radius 3 is 1.81 bits per heavy atom. The van der Waals surface area contributed by atoms with Gasteiger partial charge in [0.05, 0.1) is 32.9 Å². The first-order chi connectivity index (χ1) is 9.10. The van der Waals surface area contributed by atoms with Gasteiger partial charge < -0.3 is 23.2 Å². The normalized spacial score (nSPS) is 13.0. The molecule has 0 radical (unpaired) electrons. The topological polar surface area (TPSA) is 112 Å². The fourth-order valence-electron chi connectivity index (χ4n) is 2.07. The third kappa shape index (κ3) is 10.3. The zero-order chi connectivity index (χ0) is 15.9. The molecule has 0 aliphatic carbocycles. The minimum absolute atomic E-state index is 0. The summed E-state index contributed by atoms with van der Waals surface area (Å²) in [5.41, 5.74) is 0. The van der Waals surface area contributed by atoms with E-state index in [4.69, 9.17) is 17.8 Å². The lowest BCUT2D eigenvalue weighted by Crippen LogP contribution is -2.46. The monoisotopic (exact) mass is 347 g/mol. The second-order valence-corrected chi connectivity index (χ2v) is 10.1. The number of hydrogen-bond acceptors (Lipinski definition) is 6. The Bertz CT molecular complexity index is 363. The van der Waals surface area contributed by atoms with Crippen LogP contribution in [0.4, 0.5) is 0 Å². The van der Waals surface area contributed by atoms with Crippen molar-refractivity contribution in [1.82, 2.24) is 0 Å². The molecule has 0 saturated carbocycles. The smallest absolute Gasteiger partial charge is 0.500 e. The van der Waals surface area contributed by atoms with Gasteiger partial charge in [0.25, 0.3) is 10.1 Å². The molecule has 0 atom stereocenters. The van der Waals surface area contributed by atoms with Crippen molar-refractivity contribution in [3.8, 4) is 0 Å². The van der Waals surface area contributed by atoms with Crippen molar-refractivity contribution in [1.29, 1.82) is 0 Å². The van der Waals surface area contributed by atoms with Crippen LogP contribution in [0.1, 0.15) is 12.8 Å². The Morgan fingerprint density at radius 1 is 1.00 bits per heavy atom. The number of rotatable bonds is 11. The number of hydrogen-bond donors (Lipinski definition) is 1. The third-order valence-electron chi connectivity index (χ3n) is 3.35. The van der Waals surface area contributed by atoms with Gasteiger partial charge in [-0.15, -0.1) is 0 Å². The summed E-state index contributed by atoms with van der Waals surface area (Å²) in [5.74, 6) is -0.193. The van der Waals surface area contributed by atoms with Gasteiger partial charge in [0, 0.05) is 40.2 Å². The molecule has 130 valence electrons. The second kappa shape index (κ2) is 9.85. The molecule has 21 heavy (non-hydrogen) atoms. The molecular weight excluding hydrogens is 318 g/mol. The Labute approximate surface area is 129 Å². The summed E-state index contributed by atoms with van der Waals surface area (Å²) in [6.07, 6.45) is 1.30. The molecule has 0 amide bonds. The highest BCUT2D eigenvalue weighted by molar-refractivity contribution is 7.85. The van der Waals surface area contributed by atoms with E-state index in [-0.39, 0.29) is 11.2 Å². The van der Waals surface area contributed by atoms with E-state index in [0.717, 1.165) is 19.0 Å². The maximum Gasteiger partial charge on any atom is 0.500 e. The van der Waals surface area contributed by atoms with E-state index in [0.29, 0.717) is 17.4 Å². The van der Waals surface area contributed by atoms with E-state index in [2.05, 4.69) is 0 Å². The van der Waals surface area contributed by atoms with Gasteiger partial charge in [-0.2, -0.15) is 8.42 Å². The molecule has 10 heteroatoms. The van der Waals surface area contributed by atoms with Crippen LogP contribution in [0.3, 0.4) is 0 Å². The van der Waals surface area contributed by atoms with Gasteiger partial charge in [0.15, 0.2) is 0 Å². The predicted octanol–water partition coefficient (Wildman–Crippen LogP) is 0.432. The molecular formula is C11H29NO7SSi. The Kier molecular flexibility index (Phi) is 10.9. The average Bonchev–Trinajstić information content (AvgIpc) is 2.33. The number of nitrogens with zero attached hydrogens (tertiary/aromatic N) is 1. The molecule has 0 aromatic rings. The van der Waals surface area contributed by atoms with Gasteiger partial charge in [-0.05, 0) is 0 Å². The van der Waals surface area contributed by atoms with Crippen LogP contribution in [0.15, 0.2) is 0 Å². The summed E-state index contributed by atoms with van der Waals surface area (Å²) in [4.78, 5) is 0. The van der Waals surface area contributed by atoms with Gasteiger partial charge in [-0.3, -0.25) is 4.55 Å². The Balaban J connectivity index is 0. The zero-order valence-corrected chi connectivity index (χ0v) is 15.4. The molecule has 2 N–H and O–H groups in total. The van der Waals surface area contributed by atoms with Crippen molar-refractivity contribution in [2.75, 3.05) is 54.3 Å².